The summed E-state index contributed by atoms with van der Waals surface area (Å²) in [5.41, 5.74) is 5.58. The molecule has 0 aliphatic heterocycles. The smallest absolute Gasteiger partial charge is 0.259 e. The molecule has 0 radical (unpaired) electrons. The molecule has 0 aromatic heterocycles. The van der Waals surface area contributed by atoms with E-state index in [1.807, 2.05) is 33.8 Å². The first-order chi connectivity index (χ1) is 10.3. The number of benzene rings is 2. The van der Waals surface area contributed by atoms with Gasteiger partial charge in [0.1, 0.15) is 5.75 Å². The van der Waals surface area contributed by atoms with Crippen LogP contribution in [0.5, 0.6) is 5.75 Å². The van der Waals surface area contributed by atoms with Gasteiger partial charge in [-0.2, -0.15) is 0 Å². The summed E-state index contributed by atoms with van der Waals surface area (Å²) in [6, 6.07) is 7.83. The molecule has 0 unspecified atom stereocenters. The number of carbonyl (C=O) groups excluding carboxylic acids is 1. The molecular formula is C18H20BrNO2. The van der Waals surface area contributed by atoms with Crippen molar-refractivity contribution in [2.75, 3.05) is 12.4 Å². The number of hydrogen-bond donors (Lipinski definition) is 1. The van der Waals surface area contributed by atoms with Crippen molar-refractivity contribution < 1.29 is 9.53 Å². The molecule has 116 valence electrons. The molecule has 0 saturated heterocycles. The molecule has 0 aliphatic carbocycles. The fourth-order valence-electron chi connectivity index (χ4n) is 2.73. The molecule has 0 saturated carbocycles. The third-order valence-electron chi connectivity index (χ3n) is 3.60. The van der Waals surface area contributed by atoms with Crippen LogP contribution in [0.15, 0.2) is 28.7 Å². The number of aryl methyl sites for hydroxylation is 4. The molecule has 0 heterocycles. The van der Waals surface area contributed by atoms with Gasteiger partial charge in [-0.05, 0) is 56.5 Å². The van der Waals surface area contributed by atoms with Gasteiger partial charge >= 0.3 is 0 Å². The molecule has 1 N–H and O–H groups in total. The van der Waals surface area contributed by atoms with Crippen LogP contribution in [0.3, 0.4) is 0 Å². The lowest BCUT2D eigenvalue weighted by Gasteiger charge is -2.15. The fourth-order valence-corrected chi connectivity index (χ4v) is 3.30. The van der Waals surface area contributed by atoms with E-state index in [1.54, 1.807) is 13.2 Å². The number of halogens is 1. The number of amides is 1. The molecule has 2 aromatic carbocycles. The van der Waals surface area contributed by atoms with Crippen LogP contribution >= 0.6 is 15.9 Å². The zero-order valence-corrected chi connectivity index (χ0v) is 15.1. The van der Waals surface area contributed by atoms with Crippen LogP contribution in [0.1, 0.15) is 32.6 Å². The summed E-state index contributed by atoms with van der Waals surface area (Å²) in [4.78, 5) is 12.7. The Hall–Kier alpha value is -1.81. The number of ether oxygens (including phenoxy) is 1. The zero-order chi connectivity index (χ0) is 16.4. The van der Waals surface area contributed by atoms with Gasteiger partial charge < -0.3 is 10.1 Å². The second-order valence-corrected chi connectivity index (χ2v) is 6.45. The molecule has 0 fully saturated rings. The Kier molecular flexibility index (Phi) is 4.91. The second-order valence-electron chi connectivity index (χ2n) is 5.53. The molecule has 3 nitrogen and oxygen atoms in total. The van der Waals surface area contributed by atoms with E-state index in [9.17, 15) is 4.79 Å². The minimum absolute atomic E-state index is 0.170. The number of hydrogen-bond acceptors (Lipinski definition) is 2. The summed E-state index contributed by atoms with van der Waals surface area (Å²) in [6.45, 7) is 7.97. The number of carbonyl (C=O) groups is 1. The molecule has 0 spiro atoms. The average Bonchev–Trinajstić information content (AvgIpc) is 2.41. The fraction of sp³-hybridized carbons (Fsp3) is 0.278. The zero-order valence-electron chi connectivity index (χ0n) is 13.5. The van der Waals surface area contributed by atoms with Gasteiger partial charge in [0.2, 0.25) is 0 Å². The van der Waals surface area contributed by atoms with E-state index >= 15 is 0 Å². The average molecular weight is 362 g/mol. The molecule has 0 aliphatic rings. The predicted molar refractivity (Wildman–Crippen MR) is 94.0 cm³/mol. The Balaban J connectivity index is 2.43. The van der Waals surface area contributed by atoms with Crippen molar-refractivity contribution in [3.8, 4) is 5.75 Å². The van der Waals surface area contributed by atoms with E-state index in [0.717, 1.165) is 26.9 Å². The van der Waals surface area contributed by atoms with E-state index in [2.05, 4.69) is 33.4 Å². The number of methoxy groups -OCH3 is 1. The standard InChI is InChI=1S/C18H20BrNO2/c1-10-6-11(2)16(12(3)7-10)20-18(21)15-9-14(19)8-13(4)17(15)22-5/h6-9H,1-5H3,(H,20,21). The largest absolute Gasteiger partial charge is 0.496 e. The molecule has 2 rings (SSSR count). The Morgan fingerprint density at radius 2 is 1.59 bits per heavy atom. The van der Waals surface area contributed by atoms with Crippen LogP contribution < -0.4 is 10.1 Å². The lowest BCUT2D eigenvalue weighted by Crippen LogP contribution is -2.15. The monoisotopic (exact) mass is 361 g/mol. The van der Waals surface area contributed by atoms with Crippen molar-refractivity contribution in [1.82, 2.24) is 0 Å². The van der Waals surface area contributed by atoms with E-state index in [4.69, 9.17) is 4.74 Å². The van der Waals surface area contributed by atoms with Crippen molar-refractivity contribution in [3.63, 3.8) is 0 Å². The normalized spacial score (nSPS) is 10.5. The van der Waals surface area contributed by atoms with E-state index in [-0.39, 0.29) is 5.91 Å². The molecule has 0 atom stereocenters. The van der Waals surface area contributed by atoms with Crippen LogP contribution in [0.25, 0.3) is 0 Å². The number of anilines is 1. The first kappa shape index (κ1) is 16.6. The van der Waals surface area contributed by atoms with Gasteiger partial charge in [-0.25, -0.2) is 0 Å². The Morgan fingerprint density at radius 1 is 1.00 bits per heavy atom. The van der Waals surface area contributed by atoms with Crippen molar-refractivity contribution in [1.29, 1.82) is 0 Å². The van der Waals surface area contributed by atoms with E-state index < -0.39 is 0 Å². The molecule has 4 heteroatoms. The first-order valence-corrected chi connectivity index (χ1v) is 7.86. The highest BCUT2D eigenvalue weighted by Gasteiger charge is 2.17. The van der Waals surface area contributed by atoms with Gasteiger partial charge in [0.05, 0.1) is 12.7 Å². The van der Waals surface area contributed by atoms with Crippen molar-refractivity contribution >= 4 is 27.5 Å². The Morgan fingerprint density at radius 3 is 2.14 bits per heavy atom. The highest BCUT2D eigenvalue weighted by Crippen LogP contribution is 2.29. The predicted octanol–water partition coefficient (Wildman–Crippen LogP) is 4.94. The summed E-state index contributed by atoms with van der Waals surface area (Å²) in [5.74, 6) is 0.430. The summed E-state index contributed by atoms with van der Waals surface area (Å²) < 4.78 is 6.24. The molecular weight excluding hydrogens is 342 g/mol. The maximum absolute atomic E-state index is 12.7. The lowest BCUT2D eigenvalue weighted by molar-refractivity contribution is 0.102. The highest BCUT2D eigenvalue weighted by molar-refractivity contribution is 9.10. The van der Waals surface area contributed by atoms with Gasteiger partial charge in [-0.3, -0.25) is 4.79 Å². The number of nitrogens with one attached hydrogen (secondary N) is 1. The minimum Gasteiger partial charge on any atom is -0.496 e. The molecule has 1 amide bonds. The van der Waals surface area contributed by atoms with Gasteiger partial charge in [0.15, 0.2) is 0 Å². The molecule has 0 bridgehead atoms. The van der Waals surface area contributed by atoms with Gasteiger partial charge in [-0.1, -0.05) is 33.6 Å². The quantitative estimate of drug-likeness (QED) is 0.840. The van der Waals surface area contributed by atoms with Crippen molar-refractivity contribution in [3.05, 3.63) is 56.6 Å². The van der Waals surface area contributed by atoms with Crippen LogP contribution in [0.2, 0.25) is 0 Å². The van der Waals surface area contributed by atoms with Crippen molar-refractivity contribution in [2.24, 2.45) is 0 Å². The summed E-state index contributed by atoms with van der Waals surface area (Å²) in [5, 5.41) is 3.01. The third-order valence-corrected chi connectivity index (χ3v) is 4.06. The first-order valence-electron chi connectivity index (χ1n) is 7.06. The van der Waals surface area contributed by atoms with Gasteiger partial charge in [0, 0.05) is 10.2 Å². The summed E-state index contributed by atoms with van der Waals surface area (Å²) in [6.07, 6.45) is 0. The van der Waals surface area contributed by atoms with Crippen LogP contribution in [0, 0.1) is 27.7 Å². The Bertz CT molecular complexity index is 715. The SMILES string of the molecule is COc1c(C)cc(Br)cc1C(=O)Nc1c(C)cc(C)cc1C. The van der Waals surface area contributed by atoms with Crippen LogP contribution in [-0.2, 0) is 0 Å². The van der Waals surface area contributed by atoms with Crippen molar-refractivity contribution in [2.45, 2.75) is 27.7 Å². The summed E-state index contributed by atoms with van der Waals surface area (Å²) in [7, 11) is 1.58. The van der Waals surface area contributed by atoms with Crippen LogP contribution in [-0.4, -0.2) is 13.0 Å². The maximum Gasteiger partial charge on any atom is 0.259 e. The Labute approximate surface area is 139 Å². The van der Waals surface area contributed by atoms with E-state index in [1.165, 1.54) is 5.56 Å². The topological polar surface area (TPSA) is 38.3 Å². The maximum atomic E-state index is 12.7. The van der Waals surface area contributed by atoms with Gasteiger partial charge in [0.25, 0.3) is 5.91 Å². The second kappa shape index (κ2) is 6.53. The number of rotatable bonds is 3. The molecule has 22 heavy (non-hydrogen) atoms. The van der Waals surface area contributed by atoms with E-state index in [0.29, 0.717) is 11.3 Å². The third kappa shape index (κ3) is 3.33. The van der Waals surface area contributed by atoms with Gasteiger partial charge in [-0.15, -0.1) is 0 Å². The van der Waals surface area contributed by atoms with Crippen LogP contribution in [0.4, 0.5) is 5.69 Å². The summed E-state index contributed by atoms with van der Waals surface area (Å²) >= 11 is 3.43. The highest BCUT2D eigenvalue weighted by atomic mass is 79.9. The lowest BCUT2D eigenvalue weighted by atomic mass is 10.0. The molecule has 2 aromatic rings. The minimum atomic E-state index is -0.170.